The molecular weight excluding hydrogens is 434 g/mol. The van der Waals surface area contributed by atoms with Gasteiger partial charge in [-0.3, -0.25) is 9.59 Å². The zero-order valence-electron chi connectivity index (χ0n) is 15.6. The van der Waals surface area contributed by atoms with E-state index in [1.54, 1.807) is 6.07 Å². The molecule has 0 radical (unpaired) electrons. The fraction of sp³-hybridized carbons (Fsp3) is 0.143. The molecule has 7 nitrogen and oxygen atoms in total. The molecular formula is C21H18BrN5O2. The molecule has 0 aliphatic carbocycles. The number of benzene rings is 2. The number of aromatic nitrogens is 4. The molecule has 4 rings (SSSR count). The Labute approximate surface area is 175 Å². The third kappa shape index (κ3) is 4.12. The van der Waals surface area contributed by atoms with Gasteiger partial charge >= 0.3 is 0 Å². The second-order valence-corrected chi connectivity index (χ2v) is 7.58. The highest BCUT2D eigenvalue weighted by atomic mass is 79.9. The molecule has 0 aliphatic heterocycles. The van der Waals surface area contributed by atoms with Crippen LogP contribution >= 0.6 is 15.9 Å². The Morgan fingerprint density at radius 2 is 1.86 bits per heavy atom. The summed E-state index contributed by atoms with van der Waals surface area (Å²) in [7, 11) is 0. The van der Waals surface area contributed by atoms with Crippen molar-refractivity contribution in [2.75, 3.05) is 0 Å². The maximum atomic E-state index is 12.8. The Hall–Kier alpha value is -3.26. The van der Waals surface area contributed by atoms with Crippen LogP contribution in [0.3, 0.4) is 0 Å². The molecule has 0 aliphatic rings. The summed E-state index contributed by atoms with van der Waals surface area (Å²) in [6.07, 6.45) is 1.44. The van der Waals surface area contributed by atoms with Gasteiger partial charge in [-0.25, -0.2) is 9.20 Å². The summed E-state index contributed by atoms with van der Waals surface area (Å²) in [6.45, 7) is 1.74. The first-order chi connectivity index (χ1) is 14.0. The maximum absolute atomic E-state index is 12.8. The van der Waals surface area contributed by atoms with E-state index in [4.69, 9.17) is 0 Å². The molecule has 0 spiro atoms. The van der Waals surface area contributed by atoms with Gasteiger partial charge in [-0.1, -0.05) is 58.4 Å². The van der Waals surface area contributed by atoms with Crippen LogP contribution in [0.5, 0.6) is 0 Å². The van der Waals surface area contributed by atoms with Crippen LogP contribution in [0.25, 0.3) is 16.8 Å². The Kier molecular flexibility index (Phi) is 5.26. The van der Waals surface area contributed by atoms with Crippen molar-refractivity contribution in [1.82, 2.24) is 24.7 Å². The predicted molar refractivity (Wildman–Crippen MR) is 113 cm³/mol. The van der Waals surface area contributed by atoms with Gasteiger partial charge in [0.1, 0.15) is 18.4 Å². The van der Waals surface area contributed by atoms with Crippen LogP contribution in [0, 0.1) is 0 Å². The predicted octanol–water partition coefficient (Wildman–Crippen LogP) is 3.20. The third-order valence-electron chi connectivity index (χ3n) is 4.60. The minimum Gasteiger partial charge on any atom is -0.348 e. The SMILES string of the molecule is C[C@@H](NC(=O)Cn1ncn2nc(-c3ccc(Br)cc3)cc2c1=O)c1ccccc1. The number of rotatable bonds is 5. The van der Waals surface area contributed by atoms with E-state index in [2.05, 4.69) is 31.4 Å². The normalized spacial score (nSPS) is 12.1. The Morgan fingerprint density at radius 1 is 1.14 bits per heavy atom. The lowest BCUT2D eigenvalue weighted by Gasteiger charge is -2.14. The van der Waals surface area contributed by atoms with E-state index in [-0.39, 0.29) is 24.1 Å². The van der Waals surface area contributed by atoms with E-state index in [9.17, 15) is 9.59 Å². The minimum atomic E-state index is -0.370. The maximum Gasteiger partial charge on any atom is 0.293 e. The van der Waals surface area contributed by atoms with Crippen molar-refractivity contribution in [2.45, 2.75) is 19.5 Å². The summed E-state index contributed by atoms with van der Waals surface area (Å²) in [5.41, 5.74) is 2.54. The molecule has 2 aromatic carbocycles. The van der Waals surface area contributed by atoms with E-state index in [0.717, 1.165) is 20.3 Å². The van der Waals surface area contributed by atoms with Gasteiger partial charge in [-0.15, -0.1) is 0 Å². The summed E-state index contributed by atoms with van der Waals surface area (Å²) in [5, 5.41) is 11.4. The van der Waals surface area contributed by atoms with Crippen molar-refractivity contribution < 1.29 is 4.79 Å². The first kappa shape index (κ1) is 19.1. The van der Waals surface area contributed by atoms with Gasteiger partial charge in [0.15, 0.2) is 0 Å². The van der Waals surface area contributed by atoms with Crippen molar-refractivity contribution >= 4 is 27.4 Å². The van der Waals surface area contributed by atoms with Gasteiger partial charge in [-0.05, 0) is 30.7 Å². The fourth-order valence-electron chi connectivity index (χ4n) is 3.06. The lowest BCUT2D eigenvalue weighted by Crippen LogP contribution is -2.35. The summed E-state index contributed by atoms with van der Waals surface area (Å²) in [5.74, 6) is -0.284. The van der Waals surface area contributed by atoms with E-state index in [0.29, 0.717) is 11.2 Å². The van der Waals surface area contributed by atoms with Gasteiger partial charge < -0.3 is 5.32 Å². The van der Waals surface area contributed by atoms with Gasteiger partial charge in [0, 0.05) is 10.0 Å². The molecule has 29 heavy (non-hydrogen) atoms. The van der Waals surface area contributed by atoms with Gasteiger partial charge in [-0.2, -0.15) is 10.2 Å². The number of halogens is 1. The highest BCUT2D eigenvalue weighted by Crippen LogP contribution is 2.20. The molecule has 0 bridgehead atoms. The molecule has 2 heterocycles. The average molecular weight is 452 g/mol. The topological polar surface area (TPSA) is 81.3 Å². The number of nitrogens with one attached hydrogen (secondary N) is 1. The number of amides is 1. The zero-order valence-corrected chi connectivity index (χ0v) is 17.2. The Bertz CT molecular complexity index is 1220. The Balaban J connectivity index is 1.55. The minimum absolute atomic E-state index is 0.161. The molecule has 2 aromatic heterocycles. The van der Waals surface area contributed by atoms with E-state index in [1.807, 2.05) is 61.5 Å². The summed E-state index contributed by atoms with van der Waals surface area (Å²) in [4.78, 5) is 25.2. The second-order valence-electron chi connectivity index (χ2n) is 6.66. The summed E-state index contributed by atoms with van der Waals surface area (Å²) >= 11 is 3.40. The first-order valence-electron chi connectivity index (χ1n) is 9.07. The van der Waals surface area contributed by atoms with Crippen molar-refractivity contribution in [3.05, 3.63) is 87.4 Å². The second kappa shape index (κ2) is 8.00. The molecule has 0 saturated heterocycles. The molecule has 1 atom stereocenters. The van der Waals surface area contributed by atoms with Crippen LogP contribution in [0.4, 0.5) is 0 Å². The van der Waals surface area contributed by atoms with E-state index in [1.165, 1.54) is 10.8 Å². The standard InChI is InChI=1S/C21H18BrN5O2/c1-14(15-5-3-2-4-6-15)24-20(28)12-26-21(29)19-11-18(25-27(19)13-23-26)16-7-9-17(22)10-8-16/h2-11,13-14H,12H2,1H3,(H,24,28)/t14-/m1/s1. The molecule has 1 amide bonds. The number of nitrogens with zero attached hydrogens (tertiary/aromatic N) is 4. The molecule has 146 valence electrons. The average Bonchev–Trinajstić information content (AvgIpc) is 3.16. The number of hydrogen-bond acceptors (Lipinski definition) is 4. The van der Waals surface area contributed by atoms with Gasteiger partial charge in [0.05, 0.1) is 11.7 Å². The lowest BCUT2D eigenvalue weighted by molar-refractivity contribution is -0.122. The van der Waals surface area contributed by atoms with E-state index >= 15 is 0 Å². The van der Waals surface area contributed by atoms with E-state index < -0.39 is 0 Å². The largest absolute Gasteiger partial charge is 0.348 e. The molecule has 1 N–H and O–H groups in total. The van der Waals surface area contributed by atoms with Crippen LogP contribution in [0.15, 0.2) is 76.3 Å². The Morgan fingerprint density at radius 3 is 2.59 bits per heavy atom. The highest BCUT2D eigenvalue weighted by molar-refractivity contribution is 9.10. The molecule has 0 fully saturated rings. The van der Waals surface area contributed by atoms with Crippen molar-refractivity contribution in [3.63, 3.8) is 0 Å². The monoisotopic (exact) mass is 451 g/mol. The van der Waals surface area contributed by atoms with Gasteiger partial charge in [0.2, 0.25) is 5.91 Å². The number of carbonyl (C=O) groups excluding carboxylic acids is 1. The molecule has 0 unspecified atom stereocenters. The summed E-state index contributed by atoms with van der Waals surface area (Å²) in [6, 6.07) is 18.8. The molecule has 4 aromatic rings. The van der Waals surface area contributed by atoms with Crippen LogP contribution in [0.2, 0.25) is 0 Å². The number of hydrogen-bond donors (Lipinski definition) is 1. The quantitative estimate of drug-likeness (QED) is 0.505. The molecule has 0 saturated carbocycles. The lowest BCUT2D eigenvalue weighted by atomic mass is 10.1. The van der Waals surface area contributed by atoms with Crippen LogP contribution in [-0.4, -0.2) is 25.3 Å². The third-order valence-corrected chi connectivity index (χ3v) is 5.13. The zero-order chi connectivity index (χ0) is 20.4. The van der Waals surface area contributed by atoms with Crippen molar-refractivity contribution in [1.29, 1.82) is 0 Å². The number of carbonyl (C=O) groups is 1. The van der Waals surface area contributed by atoms with Crippen molar-refractivity contribution in [2.24, 2.45) is 0 Å². The highest BCUT2D eigenvalue weighted by Gasteiger charge is 2.14. The summed E-state index contributed by atoms with van der Waals surface area (Å²) < 4.78 is 3.54. The van der Waals surface area contributed by atoms with Crippen LogP contribution < -0.4 is 10.9 Å². The van der Waals surface area contributed by atoms with Crippen molar-refractivity contribution in [3.8, 4) is 11.3 Å². The van der Waals surface area contributed by atoms with Crippen LogP contribution in [0.1, 0.15) is 18.5 Å². The fourth-order valence-corrected chi connectivity index (χ4v) is 3.32. The number of fused-ring (bicyclic) bond motifs is 1. The van der Waals surface area contributed by atoms with Gasteiger partial charge in [0.25, 0.3) is 5.56 Å². The first-order valence-corrected chi connectivity index (χ1v) is 9.86. The molecule has 8 heteroatoms. The smallest absolute Gasteiger partial charge is 0.293 e. The van der Waals surface area contributed by atoms with Crippen LogP contribution in [-0.2, 0) is 11.3 Å².